The van der Waals surface area contributed by atoms with Gasteiger partial charge in [-0.25, -0.2) is 4.79 Å². The molecule has 0 saturated heterocycles. The first-order valence-corrected chi connectivity index (χ1v) is 5.82. The van der Waals surface area contributed by atoms with Crippen molar-refractivity contribution in [2.75, 3.05) is 26.9 Å². The smallest absolute Gasteiger partial charge is 0.354 e. The Hall–Kier alpha value is -1.59. The first-order valence-electron chi connectivity index (χ1n) is 5.82. The second kappa shape index (κ2) is 7.68. The number of aromatic nitrogens is 1. The summed E-state index contributed by atoms with van der Waals surface area (Å²) in [4.78, 5) is 14.2. The van der Waals surface area contributed by atoms with Gasteiger partial charge < -0.3 is 19.8 Å². The standard InChI is InChI=1S/C13H20N2O3/c1-10(2)9-18-7-6-14-8-11-4-5-12(15-11)13(16)17-3/h4-5,14-15H,1,6-9H2,2-3H3. The predicted molar refractivity (Wildman–Crippen MR) is 69.5 cm³/mol. The van der Waals surface area contributed by atoms with Crippen molar-refractivity contribution in [3.63, 3.8) is 0 Å². The van der Waals surface area contributed by atoms with Gasteiger partial charge in [0.1, 0.15) is 5.69 Å². The van der Waals surface area contributed by atoms with Crippen molar-refractivity contribution in [3.8, 4) is 0 Å². The Balaban J connectivity index is 2.17. The third-order valence-corrected chi connectivity index (χ3v) is 2.24. The topological polar surface area (TPSA) is 63.4 Å². The molecule has 0 aliphatic rings. The first-order chi connectivity index (χ1) is 8.63. The summed E-state index contributed by atoms with van der Waals surface area (Å²) in [5.41, 5.74) is 2.42. The molecule has 0 unspecified atom stereocenters. The highest BCUT2D eigenvalue weighted by molar-refractivity contribution is 5.87. The average Bonchev–Trinajstić information content (AvgIpc) is 2.81. The SMILES string of the molecule is C=C(C)COCCNCc1ccc(C(=O)OC)[nH]1. The van der Waals surface area contributed by atoms with Gasteiger partial charge in [-0.3, -0.25) is 0 Å². The molecular formula is C13H20N2O3. The Morgan fingerprint density at radius 2 is 2.28 bits per heavy atom. The maximum absolute atomic E-state index is 11.2. The van der Waals surface area contributed by atoms with Gasteiger partial charge in [-0.2, -0.15) is 0 Å². The van der Waals surface area contributed by atoms with E-state index in [2.05, 4.69) is 21.6 Å². The van der Waals surface area contributed by atoms with Crippen LogP contribution in [0.25, 0.3) is 0 Å². The van der Waals surface area contributed by atoms with Crippen molar-refractivity contribution in [1.82, 2.24) is 10.3 Å². The summed E-state index contributed by atoms with van der Waals surface area (Å²) < 4.78 is 9.96. The van der Waals surface area contributed by atoms with Crippen LogP contribution in [0.5, 0.6) is 0 Å². The Morgan fingerprint density at radius 1 is 1.50 bits per heavy atom. The number of hydrogen-bond acceptors (Lipinski definition) is 4. The minimum absolute atomic E-state index is 0.356. The van der Waals surface area contributed by atoms with E-state index in [0.717, 1.165) is 17.8 Å². The van der Waals surface area contributed by atoms with E-state index in [1.165, 1.54) is 7.11 Å². The van der Waals surface area contributed by atoms with Crippen LogP contribution in [0, 0.1) is 0 Å². The van der Waals surface area contributed by atoms with Crippen LogP contribution in [0.2, 0.25) is 0 Å². The van der Waals surface area contributed by atoms with Crippen molar-refractivity contribution in [1.29, 1.82) is 0 Å². The Morgan fingerprint density at radius 3 is 2.94 bits per heavy atom. The fraction of sp³-hybridized carbons (Fsp3) is 0.462. The van der Waals surface area contributed by atoms with E-state index in [4.69, 9.17) is 4.74 Å². The van der Waals surface area contributed by atoms with Gasteiger partial charge in [-0.1, -0.05) is 12.2 Å². The van der Waals surface area contributed by atoms with E-state index >= 15 is 0 Å². The van der Waals surface area contributed by atoms with Crippen LogP contribution in [0.15, 0.2) is 24.3 Å². The molecule has 5 nitrogen and oxygen atoms in total. The van der Waals surface area contributed by atoms with Gasteiger partial charge in [0, 0.05) is 18.8 Å². The maximum atomic E-state index is 11.2. The zero-order chi connectivity index (χ0) is 13.4. The summed E-state index contributed by atoms with van der Waals surface area (Å²) in [7, 11) is 1.36. The van der Waals surface area contributed by atoms with Crippen LogP contribution in [-0.4, -0.2) is 37.8 Å². The molecule has 0 aromatic carbocycles. The Bertz CT molecular complexity index is 399. The number of carbonyl (C=O) groups excluding carboxylic acids is 1. The van der Waals surface area contributed by atoms with Crippen molar-refractivity contribution < 1.29 is 14.3 Å². The van der Waals surface area contributed by atoms with Crippen molar-refractivity contribution in [3.05, 3.63) is 35.7 Å². The van der Waals surface area contributed by atoms with Crippen LogP contribution in [0.1, 0.15) is 23.1 Å². The van der Waals surface area contributed by atoms with Gasteiger partial charge in [0.25, 0.3) is 0 Å². The van der Waals surface area contributed by atoms with Gasteiger partial charge in [0.2, 0.25) is 0 Å². The lowest BCUT2D eigenvalue weighted by Crippen LogP contribution is -2.19. The number of carbonyl (C=O) groups is 1. The van der Waals surface area contributed by atoms with E-state index in [9.17, 15) is 4.79 Å². The molecular weight excluding hydrogens is 232 g/mol. The molecule has 1 rings (SSSR count). The highest BCUT2D eigenvalue weighted by atomic mass is 16.5. The van der Waals surface area contributed by atoms with Crippen LogP contribution < -0.4 is 5.32 Å². The summed E-state index contributed by atoms with van der Waals surface area (Å²) >= 11 is 0. The summed E-state index contributed by atoms with van der Waals surface area (Å²) in [6.07, 6.45) is 0. The highest BCUT2D eigenvalue weighted by Crippen LogP contribution is 2.02. The fourth-order valence-electron chi connectivity index (χ4n) is 1.39. The van der Waals surface area contributed by atoms with E-state index in [0.29, 0.717) is 25.5 Å². The largest absolute Gasteiger partial charge is 0.464 e. The molecule has 0 atom stereocenters. The lowest BCUT2D eigenvalue weighted by atomic mass is 10.4. The van der Waals surface area contributed by atoms with Crippen LogP contribution in [0.4, 0.5) is 0 Å². The quantitative estimate of drug-likeness (QED) is 0.418. The molecule has 0 fully saturated rings. The first kappa shape index (κ1) is 14.5. The third kappa shape index (κ3) is 5.16. The summed E-state index contributed by atoms with van der Waals surface area (Å²) in [6, 6.07) is 3.56. The molecule has 2 N–H and O–H groups in total. The Labute approximate surface area is 107 Å². The molecule has 100 valence electrons. The van der Waals surface area contributed by atoms with E-state index in [-0.39, 0.29) is 5.97 Å². The molecule has 5 heteroatoms. The number of aromatic amines is 1. The molecule has 0 bridgehead atoms. The van der Waals surface area contributed by atoms with Crippen molar-refractivity contribution in [2.45, 2.75) is 13.5 Å². The molecule has 1 heterocycles. The van der Waals surface area contributed by atoms with Gasteiger partial charge in [-0.05, 0) is 19.1 Å². The Kier molecular flexibility index (Phi) is 6.18. The number of nitrogens with one attached hydrogen (secondary N) is 2. The predicted octanol–water partition coefficient (Wildman–Crippen LogP) is 1.48. The lowest BCUT2D eigenvalue weighted by Gasteiger charge is -2.05. The summed E-state index contributed by atoms with van der Waals surface area (Å²) in [6.45, 7) is 8.33. The van der Waals surface area contributed by atoms with Crippen LogP contribution in [-0.2, 0) is 16.0 Å². The molecule has 0 aliphatic heterocycles. The number of hydrogen-bond donors (Lipinski definition) is 2. The molecule has 0 amide bonds. The summed E-state index contributed by atoms with van der Waals surface area (Å²) in [5.74, 6) is -0.356. The molecule has 1 aromatic heterocycles. The molecule has 0 spiro atoms. The number of esters is 1. The second-order valence-electron chi connectivity index (χ2n) is 4.08. The lowest BCUT2D eigenvalue weighted by molar-refractivity contribution is 0.0594. The van der Waals surface area contributed by atoms with Gasteiger partial charge in [0.05, 0.1) is 20.3 Å². The highest BCUT2D eigenvalue weighted by Gasteiger charge is 2.07. The van der Waals surface area contributed by atoms with Gasteiger partial charge >= 0.3 is 5.97 Å². The number of methoxy groups -OCH3 is 1. The molecule has 1 aromatic rings. The van der Waals surface area contributed by atoms with Crippen LogP contribution >= 0.6 is 0 Å². The van der Waals surface area contributed by atoms with E-state index in [1.54, 1.807) is 6.07 Å². The average molecular weight is 252 g/mol. The molecule has 0 saturated carbocycles. The monoisotopic (exact) mass is 252 g/mol. The fourth-order valence-corrected chi connectivity index (χ4v) is 1.39. The normalized spacial score (nSPS) is 10.3. The molecule has 0 radical (unpaired) electrons. The summed E-state index contributed by atoms with van der Waals surface area (Å²) in [5, 5.41) is 3.21. The van der Waals surface area contributed by atoms with Gasteiger partial charge in [-0.15, -0.1) is 0 Å². The number of ether oxygens (including phenoxy) is 2. The number of rotatable bonds is 8. The van der Waals surface area contributed by atoms with E-state index in [1.807, 2.05) is 13.0 Å². The molecule has 0 aliphatic carbocycles. The van der Waals surface area contributed by atoms with E-state index < -0.39 is 0 Å². The van der Waals surface area contributed by atoms with Crippen molar-refractivity contribution >= 4 is 5.97 Å². The zero-order valence-electron chi connectivity index (χ0n) is 10.9. The number of H-pyrrole nitrogens is 1. The third-order valence-electron chi connectivity index (χ3n) is 2.24. The van der Waals surface area contributed by atoms with Gasteiger partial charge in [0.15, 0.2) is 0 Å². The zero-order valence-corrected chi connectivity index (χ0v) is 10.9. The molecule has 18 heavy (non-hydrogen) atoms. The minimum atomic E-state index is -0.356. The minimum Gasteiger partial charge on any atom is -0.464 e. The maximum Gasteiger partial charge on any atom is 0.354 e. The van der Waals surface area contributed by atoms with Crippen molar-refractivity contribution in [2.24, 2.45) is 0 Å². The second-order valence-corrected chi connectivity index (χ2v) is 4.08. The van der Waals surface area contributed by atoms with Crippen LogP contribution in [0.3, 0.4) is 0 Å².